The molecule has 2 fully saturated rings. The van der Waals surface area contributed by atoms with Crippen molar-refractivity contribution >= 4 is 0 Å². The third kappa shape index (κ3) is 9.02. The minimum Gasteiger partial charge on any atom is -0.506 e. The first kappa shape index (κ1) is 32.0. The quantitative estimate of drug-likeness (QED) is 0.272. The predicted octanol–water partition coefficient (Wildman–Crippen LogP) is 6.20. The van der Waals surface area contributed by atoms with E-state index in [0.29, 0.717) is 12.1 Å². The van der Waals surface area contributed by atoms with Crippen LogP contribution in [0.3, 0.4) is 0 Å². The third-order valence-electron chi connectivity index (χ3n) is 8.69. The van der Waals surface area contributed by atoms with Crippen molar-refractivity contribution < 1.29 is 21.1 Å². The first-order valence-corrected chi connectivity index (χ1v) is 15.7. The second-order valence-electron chi connectivity index (χ2n) is 12.6. The van der Waals surface area contributed by atoms with Gasteiger partial charge in [-0.3, -0.25) is 0 Å². The second-order valence-corrected chi connectivity index (χ2v) is 12.6. The van der Waals surface area contributed by atoms with Crippen LogP contribution in [0.25, 0.3) is 0 Å². The molecule has 0 N–H and O–H groups in total. The van der Waals surface area contributed by atoms with Crippen molar-refractivity contribution in [2.75, 3.05) is 13.3 Å². The van der Waals surface area contributed by atoms with Gasteiger partial charge in [-0.15, -0.1) is 0 Å². The molecule has 0 atom stereocenters. The van der Waals surface area contributed by atoms with Gasteiger partial charge in [0.05, 0.1) is 0 Å². The Kier molecular flexibility index (Phi) is 12.1. The summed E-state index contributed by atoms with van der Waals surface area (Å²) in [5.74, 6) is 0. The van der Waals surface area contributed by atoms with Gasteiger partial charge >= 0.3 is 21.1 Å². The maximum atomic E-state index is 2.43. The molecular formula is C32H52N8Pt. The van der Waals surface area contributed by atoms with E-state index in [9.17, 15) is 0 Å². The number of hydrogen-bond donors (Lipinski definition) is 0. The fourth-order valence-corrected chi connectivity index (χ4v) is 6.16. The zero-order chi connectivity index (χ0) is 27.9. The molecule has 230 valence electrons. The van der Waals surface area contributed by atoms with Crippen LogP contribution in [0.15, 0.2) is 49.6 Å². The zero-order valence-electron chi connectivity index (χ0n) is 25.6. The van der Waals surface area contributed by atoms with Crippen LogP contribution in [0, 0.1) is 26.7 Å². The van der Waals surface area contributed by atoms with Crippen molar-refractivity contribution in [3.8, 4) is 0 Å². The molecule has 9 heteroatoms. The molecule has 0 saturated heterocycles. The van der Waals surface area contributed by atoms with Crippen LogP contribution in [-0.2, 0) is 21.1 Å². The first-order valence-electron chi connectivity index (χ1n) is 15.7. The summed E-state index contributed by atoms with van der Waals surface area (Å²) >= 11 is 0. The largest absolute Gasteiger partial charge is 4.00 e. The predicted molar refractivity (Wildman–Crippen MR) is 162 cm³/mol. The van der Waals surface area contributed by atoms with Gasteiger partial charge in [-0.1, -0.05) is 38.5 Å². The van der Waals surface area contributed by atoms with Crippen molar-refractivity contribution in [2.24, 2.45) is 0 Å². The van der Waals surface area contributed by atoms with E-state index in [4.69, 9.17) is 0 Å². The summed E-state index contributed by atoms with van der Waals surface area (Å²) in [4.78, 5) is 18.3. The fraction of sp³-hybridized carbons (Fsp3) is 0.625. The van der Waals surface area contributed by atoms with Crippen LogP contribution in [0.2, 0.25) is 0 Å². The monoisotopic (exact) mass is 743 g/mol. The van der Waals surface area contributed by atoms with E-state index >= 15 is 0 Å². The van der Waals surface area contributed by atoms with E-state index in [-0.39, 0.29) is 21.1 Å². The summed E-state index contributed by atoms with van der Waals surface area (Å²) in [6.07, 6.45) is 31.2. The van der Waals surface area contributed by atoms with E-state index < -0.39 is 0 Å². The number of hydrogen-bond acceptors (Lipinski definition) is 8. The third-order valence-corrected chi connectivity index (χ3v) is 8.69. The SMILES string of the molecule is C1=CN(C2CCCCC2)[CH-]N1CN1C=CN(C2CCCCC2)[CH-]1.CC(C)N1C=CN(CN2C=CN(C(C)C)[CH-]2)[CH-]1.[Pt+4]. The van der Waals surface area contributed by atoms with E-state index in [2.05, 4.69) is 143 Å². The van der Waals surface area contributed by atoms with Crippen LogP contribution < -0.4 is 0 Å². The summed E-state index contributed by atoms with van der Waals surface area (Å²) in [5.41, 5.74) is 0. The van der Waals surface area contributed by atoms with Crippen LogP contribution in [0.4, 0.5) is 0 Å². The molecular weight excluding hydrogens is 691 g/mol. The average Bonchev–Trinajstić information content (AvgIpc) is 3.78. The van der Waals surface area contributed by atoms with E-state index in [1.165, 1.54) is 64.2 Å². The van der Waals surface area contributed by atoms with Gasteiger partial charge in [0.15, 0.2) is 0 Å². The summed E-state index contributed by atoms with van der Waals surface area (Å²) < 4.78 is 0. The molecule has 0 aromatic heterocycles. The van der Waals surface area contributed by atoms with Crippen LogP contribution in [0.1, 0.15) is 91.9 Å². The fourth-order valence-electron chi connectivity index (χ4n) is 6.16. The van der Waals surface area contributed by atoms with Gasteiger partial charge in [-0.2, -0.15) is 26.7 Å². The van der Waals surface area contributed by atoms with Gasteiger partial charge in [0.2, 0.25) is 0 Å². The Balaban J connectivity index is 0.000000193. The topological polar surface area (TPSA) is 25.9 Å². The molecule has 4 aliphatic heterocycles. The Morgan fingerprint density at radius 2 is 0.829 bits per heavy atom. The maximum Gasteiger partial charge on any atom is 4.00 e. The second kappa shape index (κ2) is 15.5. The number of rotatable bonds is 8. The van der Waals surface area contributed by atoms with Crippen molar-refractivity contribution in [3.05, 3.63) is 76.3 Å². The molecule has 6 aliphatic rings. The molecule has 2 saturated carbocycles. The summed E-state index contributed by atoms with van der Waals surface area (Å²) in [6, 6.07) is 2.48. The molecule has 0 radical (unpaired) electrons. The molecule has 8 nitrogen and oxygen atoms in total. The molecule has 0 aromatic rings. The zero-order valence-corrected chi connectivity index (χ0v) is 27.9. The first-order chi connectivity index (χ1) is 19.4. The van der Waals surface area contributed by atoms with Gasteiger partial charge in [0, 0.05) is 25.4 Å². The minimum absolute atomic E-state index is 0. The van der Waals surface area contributed by atoms with Crippen LogP contribution >= 0.6 is 0 Å². The standard InChI is InChI=1S/C19H30N4.C13H22N4.Pt/c1-3-7-18(8-4-1)22-13-11-20(16-22)15-21-12-14-23(17-21)19-9-5-2-6-10-19;1-12(2)16-7-5-14(10-16)9-15-6-8-17(11-15)13(3)4;/h11-14,16-19H,1-10,15H2;5-8,10-13H,9H2,1-4H3;/q2*-2;+4. The van der Waals surface area contributed by atoms with Gasteiger partial charge in [0.1, 0.15) is 0 Å². The van der Waals surface area contributed by atoms with Crippen LogP contribution in [0.5, 0.6) is 0 Å². The molecule has 6 rings (SSSR count). The molecule has 0 aromatic carbocycles. The smallest absolute Gasteiger partial charge is 0.506 e. The molecule has 4 heterocycles. The Morgan fingerprint density at radius 3 is 1.17 bits per heavy atom. The van der Waals surface area contributed by atoms with E-state index in [0.717, 1.165) is 25.4 Å². The minimum atomic E-state index is 0. The summed E-state index contributed by atoms with van der Waals surface area (Å²) in [6.45, 7) is 19.4. The maximum absolute atomic E-state index is 2.43. The van der Waals surface area contributed by atoms with Gasteiger partial charge in [0.25, 0.3) is 0 Å². The molecule has 41 heavy (non-hydrogen) atoms. The normalized spacial score (nSPS) is 23.2. The molecule has 0 spiro atoms. The molecule has 0 unspecified atom stereocenters. The average molecular weight is 744 g/mol. The van der Waals surface area contributed by atoms with Crippen molar-refractivity contribution in [3.63, 3.8) is 0 Å². The summed E-state index contributed by atoms with van der Waals surface area (Å²) in [7, 11) is 0. The Bertz CT molecular complexity index is 822. The Hall–Kier alpha value is -1.95. The van der Waals surface area contributed by atoms with Crippen LogP contribution in [-0.4, -0.2) is 76.7 Å². The molecule has 0 amide bonds. The Labute approximate surface area is 265 Å². The van der Waals surface area contributed by atoms with Crippen molar-refractivity contribution in [1.82, 2.24) is 39.2 Å². The van der Waals surface area contributed by atoms with Gasteiger partial charge in [-0.25, -0.2) is 0 Å². The van der Waals surface area contributed by atoms with E-state index in [1.807, 2.05) is 0 Å². The summed E-state index contributed by atoms with van der Waals surface area (Å²) in [5, 5.41) is 0. The Morgan fingerprint density at radius 1 is 0.488 bits per heavy atom. The van der Waals surface area contributed by atoms with Gasteiger partial charge in [-0.05, 0) is 115 Å². The number of nitrogens with zero attached hydrogens (tertiary/aromatic N) is 8. The van der Waals surface area contributed by atoms with Crippen molar-refractivity contribution in [1.29, 1.82) is 0 Å². The molecule has 2 aliphatic carbocycles. The van der Waals surface area contributed by atoms with Crippen molar-refractivity contribution in [2.45, 2.75) is 116 Å². The van der Waals surface area contributed by atoms with Gasteiger partial charge < -0.3 is 39.2 Å². The van der Waals surface area contributed by atoms with E-state index in [1.54, 1.807) is 0 Å². The molecule has 0 bridgehead atoms.